The van der Waals surface area contributed by atoms with E-state index in [0.29, 0.717) is 23.5 Å². The van der Waals surface area contributed by atoms with E-state index in [4.69, 9.17) is 10.00 Å². The number of nitrogens with one attached hydrogen (secondary N) is 1. The molecule has 4 nitrogen and oxygen atoms in total. The molecule has 0 saturated heterocycles. The van der Waals surface area contributed by atoms with Crippen LogP contribution >= 0.6 is 0 Å². The molecule has 0 unspecified atom stereocenters. The van der Waals surface area contributed by atoms with Gasteiger partial charge in [0.05, 0.1) is 18.4 Å². The number of aromatic hydroxyl groups is 1. The van der Waals surface area contributed by atoms with Gasteiger partial charge in [-0.1, -0.05) is 18.2 Å². The van der Waals surface area contributed by atoms with E-state index in [1.54, 1.807) is 37.4 Å². The zero-order valence-electron chi connectivity index (χ0n) is 10.6. The summed E-state index contributed by atoms with van der Waals surface area (Å²) in [5.41, 5.74) is 2.00. The predicted molar refractivity (Wildman–Crippen MR) is 73.1 cm³/mol. The quantitative estimate of drug-likeness (QED) is 0.880. The maximum Gasteiger partial charge on any atom is 0.121 e. The van der Waals surface area contributed by atoms with Gasteiger partial charge in [0.25, 0.3) is 0 Å². The number of hydrogen-bond donors (Lipinski definition) is 2. The number of phenols is 1. The fourth-order valence-electron chi connectivity index (χ4n) is 1.74. The van der Waals surface area contributed by atoms with Crippen LogP contribution in [0.1, 0.15) is 11.1 Å². The molecule has 0 aromatic heterocycles. The van der Waals surface area contributed by atoms with E-state index in [2.05, 4.69) is 11.4 Å². The monoisotopic (exact) mass is 254 g/mol. The Bertz CT molecular complexity index is 618. The Morgan fingerprint density at radius 1 is 1.26 bits per heavy atom. The molecule has 0 heterocycles. The van der Waals surface area contributed by atoms with Crippen LogP contribution in [0.2, 0.25) is 0 Å². The third-order valence-electron chi connectivity index (χ3n) is 2.81. The first-order chi connectivity index (χ1) is 9.24. The molecule has 0 amide bonds. The number of methoxy groups -OCH3 is 1. The van der Waals surface area contributed by atoms with Crippen LogP contribution in [-0.2, 0) is 6.54 Å². The van der Waals surface area contributed by atoms with Gasteiger partial charge in [-0.25, -0.2) is 0 Å². The van der Waals surface area contributed by atoms with Crippen molar-refractivity contribution in [2.24, 2.45) is 0 Å². The number of phenolic OH excluding ortho intramolecular Hbond substituents is 1. The Kier molecular flexibility index (Phi) is 3.89. The molecule has 0 saturated carbocycles. The van der Waals surface area contributed by atoms with Crippen LogP contribution in [0.3, 0.4) is 0 Å². The van der Waals surface area contributed by atoms with Gasteiger partial charge in [-0.05, 0) is 18.2 Å². The first-order valence-electron chi connectivity index (χ1n) is 5.83. The molecular weight excluding hydrogens is 240 g/mol. The average Bonchev–Trinajstić information content (AvgIpc) is 2.46. The topological polar surface area (TPSA) is 65.3 Å². The lowest BCUT2D eigenvalue weighted by atomic mass is 10.1. The van der Waals surface area contributed by atoms with Crippen molar-refractivity contribution in [3.63, 3.8) is 0 Å². The van der Waals surface area contributed by atoms with Crippen molar-refractivity contribution >= 4 is 5.69 Å². The Hall–Kier alpha value is -2.67. The van der Waals surface area contributed by atoms with Crippen molar-refractivity contribution in [3.05, 3.63) is 53.6 Å². The number of rotatable bonds is 4. The first kappa shape index (κ1) is 12.8. The highest BCUT2D eigenvalue weighted by Crippen LogP contribution is 2.24. The van der Waals surface area contributed by atoms with E-state index in [9.17, 15) is 5.11 Å². The smallest absolute Gasteiger partial charge is 0.121 e. The SMILES string of the molecule is COc1ccc(C#N)c(NCc2ccccc2O)c1. The van der Waals surface area contributed by atoms with E-state index < -0.39 is 0 Å². The van der Waals surface area contributed by atoms with Gasteiger partial charge in [-0.2, -0.15) is 5.26 Å². The van der Waals surface area contributed by atoms with Gasteiger partial charge in [0, 0.05) is 18.2 Å². The average molecular weight is 254 g/mol. The van der Waals surface area contributed by atoms with E-state index in [1.807, 2.05) is 12.1 Å². The van der Waals surface area contributed by atoms with Crippen LogP contribution in [-0.4, -0.2) is 12.2 Å². The summed E-state index contributed by atoms with van der Waals surface area (Å²) in [6.45, 7) is 0.439. The van der Waals surface area contributed by atoms with Gasteiger partial charge >= 0.3 is 0 Å². The molecule has 96 valence electrons. The standard InChI is InChI=1S/C15H14N2O2/c1-19-13-7-6-11(9-16)14(8-13)17-10-12-4-2-3-5-15(12)18/h2-8,17-18H,10H2,1H3. The summed E-state index contributed by atoms with van der Waals surface area (Å²) >= 11 is 0. The van der Waals surface area contributed by atoms with Crippen molar-refractivity contribution < 1.29 is 9.84 Å². The molecule has 0 radical (unpaired) electrons. The molecule has 2 rings (SSSR count). The number of benzene rings is 2. The third kappa shape index (κ3) is 2.96. The molecule has 0 spiro atoms. The van der Waals surface area contributed by atoms with Gasteiger partial charge in [-0.15, -0.1) is 0 Å². The first-order valence-corrected chi connectivity index (χ1v) is 5.83. The second-order valence-electron chi connectivity index (χ2n) is 4.01. The Labute approximate surface area is 111 Å². The number of nitrogens with zero attached hydrogens (tertiary/aromatic N) is 1. The van der Waals surface area contributed by atoms with Gasteiger partial charge in [0.15, 0.2) is 0 Å². The summed E-state index contributed by atoms with van der Waals surface area (Å²) in [6.07, 6.45) is 0. The maximum atomic E-state index is 9.69. The molecule has 2 aromatic rings. The van der Waals surface area contributed by atoms with Gasteiger partial charge < -0.3 is 15.2 Å². The number of para-hydroxylation sites is 1. The molecule has 0 bridgehead atoms. The van der Waals surface area contributed by atoms with Crippen LogP contribution in [0.4, 0.5) is 5.69 Å². The second kappa shape index (κ2) is 5.78. The Morgan fingerprint density at radius 2 is 2.05 bits per heavy atom. The van der Waals surface area contributed by atoms with Crippen LogP contribution in [0.5, 0.6) is 11.5 Å². The van der Waals surface area contributed by atoms with E-state index >= 15 is 0 Å². The molecule has 2 N–H and O–H groups in total. The fraction of sp³-hybridized carbons (Fsp3) is 0.133. The molecule has 0 aliphatic heterocycles. The van der Waals surface area contributed by atoms with Crippen molar-refractivity contribution in [1.29, 1.82) is 5.26 Å². The van der Waals surface area contributed by atoms with Crippen molar-refractivity contribution in [3.8, 4) is 17.6 Å². The van der Waals surface area contributed by atoms with Gasteiger partial charge in [-0.3, -0.25) is 0 Å². The number of hydrogen-bond acceptors (Lipinski definition) is 4. The summed E-state index contributed by atoms with van der Waals surface area (Å²) in [5, 5.41) is 21.9. The highest BCUT2D eigenvalue weighted by molar-refractivity contribution is 5.60. The van der Waals surface area contributed by atoms with Crippen molar-refractivity contribution in [1.82, 2.24) is 0 Å². The third-order valence-corrected chi connectivity index (χ3v) is 2.81. The van der Waals surface area contributed by atoms with Crippen LogP contribution in [0.15, 0.2) is 42.5 Å². The van der Waals surface area contributed by atoms with Crippen LogP contribution in [0.25, 0.3) is 0 Å². The maximum absolute atomic E-state index is 9.69. The highest BCUT2D eigenvalue weighted by atomic mass is 16.5. The normalized spacial score (nSPS) is 9.68. The lowest BCUT2D eigenvalue weighted by Crippen LogP contribution is -2.02. The van der Waals surface area contributed by atoms with Crippen molar-refractivity contribution in [2.75, 3.05) is 12.4 Å². The summed E-state index contributed by atoms with van der Waals surface area (Å²) in [6, 6.07) is 14.4. The highest BCUT2D eigenvalue weighted by Gasteiger charge is 2.05. The van der Waals surface area contributed by atoms with Gasteiger partial charge in [0.1, 0.15) is 17.6 Å². The molecule has 19 heavy (non-hydrogen) atoms. The second-order valence-corrected chi connectivity index (χ2v) is 4.01. The largest absolute Gasteiger partial charge is 0.508 e. The predicted octanol–water partition coefficient (Wildman–Crippen LogP) is 2.88. The van der Waals surface area contributed by atoms with E-state index in [-0.39, 0.29) is 5.75 Å². The van der Waals surface area contributed by atoms with Crippen molar-refractivity contribution in [2.45, 2.75) is 6.54 Å². The number of anilines is 1. The Morgan fingerprint density at radius 3 is 2.74 bits per heavy atom. The molecule has 2 aromatic carbocycles. The zero-order chi connectivity index (χ0) is 13.7. The van der Waals surface area contributed by atoms with Crippen LogP contribution in [0, 0.1) is 11.3 Å². The summed E-state index contributed by atoms with van der Waals surface area (Å²) in [7, 11) is 1.58. The molecular formula is C15H14N2O2. The lowest BCUT2D eigenvalue weighted by Gasteiger charge is -2.11. The lowest BCUT2D eigenvalue weighted by molar-refractivity contribution is 0.415. The summed E-state index contributed by atoms with van der Waals surface area (Å²) < 4.78 is 5.13. The molecule has 4 heteroatoms. The molecule has 0 fully saturated rings. The van der Waals surface area contributed by atoms with E-state index in [1.165, 1.54) is 0 Å². The number of nitriles is 1. The molecule has 0 aliphatic carbocycles. The zero-order valence-corrected chi connectivity index (χ0v) is 10.6. The fourth-order valence-corrected chi connectivity index (χ4v) is 1.74. The van der Waals surface area contributed by atoms with Crippen LogP contribution < -0.4 is 10.1 Å². The summed E-state index contributed by atoms with van der Waals surface area (Å²) in [5.74, 6) is 0.912. The summed E-state index contributed by atoms with van der Waals surface area (Å²) in [4.78, 5) is 0. The minimum atomic E-state index is 0.233. The minimum Gasteiger partial charge on any atom is -0.508 e. The number of ether oxygens (including phenoxy) is 1. The molecule has 0 aliphatic rings. The molecule has 0 atom stereocenters. The van der Waals surface area contributed by atoms with E-state index in [0.717, 1.165) is 5.56 Å². The Balaban J connectivity index is 2.19. The minimum absolute atomic E-state index is 0.233. The van der Waals surface area contributed by atoms with Gasteiger partial charge in [0.2, 0.25) is 0 Å².